The monoisotopic (exact) mass is 318 g/mol. The third-order valence-electron chi connectivity index (χ3n) is 3.91. The zero-order valence-electron chi connectivity index (χ0n) is 12.1. The molecule has 1 aliphatic carbocycles. The Hall–Kier alpha value is -1.92. The molecule has 1 amide bonds. The second-order valence-electron chi connectivity index (χ2n) is 5.61. The number of hydrogen-bond donors (Lipinski definition) is 2. The van der Waals surface area contributed by atoms with Crippen LogP contribution in [-0.4, -0.2) is 29.1 Å². The van der Waals surface area contributed by atoms with Crippen molar-refractivity contribution in [2.75, 3.05) is 13.2 Å². The van der Waals surface area contributed by atoms with Gasteiger partial charge in [-0.3, -0.25) is 4.79 Å². The van der Waals surface area contributed by atoms with E-state index in [9.17, 15) is 9.90 Å². The standard InChI is InChI=1S/C16H18N2O3S/c19-10-16(5-6-16)9-17-15(20)13-3-1-2-4-14(13)21-7-12-8-22-11-18-12/h1-4,8,11,19H,5-7,9-10H2,(H,17,20). The number of aromatic nitrogens is 1. The van der Waals surface area contributed by atoms with E-state index in [2.05, 4.69) is 10.3 Å². The summed E-state index contributed by atoms with van der Waals surface area (Å²) in [6.45, 7) is 0.965. The molecule has 5 nitrogen and oxygen atoms in total. The number of ether oxygens (including phenoxy) is 1. The highest BCUT2D eigenvalue weighted by Gasteiger charge is 2.42. The molecule has 0 spiro atoms. The van der Waals surface area contributed by atoms with Crippen molar-refractivity contribution in [1.82, 2.24) is 10.3 Å². The number of nitrogens with zero attached hydrogens (tertiary/aromatic N) is 1. The van der Waals surface area contributed by atoms with E-state index < -0.39 is 0 Å². The van der Waals surface area contributed by atoms with E-state index in [0.717, 1.165) is 18.5 Å². The fourth-order valence-electron chi connectivity index (χ4n) is 2.17. The first-order valence-corrected chi connectivity index (χ1v) is 8.15. The molecular formula is C16H18N2O3S. The van der Waals surface area contributed by atoms with Crippen molar-refractivity contribution in [2.24, 2.45) is 5.41 Å². The molecule has 1 fully saturated rings. The Morgan fingerprint density at radius 2 is 2.23 bits per heavy atom. The second-order valence-corrected chi connectivity index (χ2v) is 6.32. The van der Waals surface area contributed by atoms with Crippen LogP contribution in [0.1, 0.15) is 28.9 Å². The maximum atomic E-state index is 12.3. The molecule has 22 heavy (non-hydrogen) atoms. The van der Waals surface area contributed by atoms with Gasteiger partial charge in [0.05, 0.1) is 23.4 Å². The van der Waals surface area contributed by atoms with E-state index in [4.69, 9.17) is 4.74 Å². The molecule has 1 heterocycles. The molecule has 0 radical (unpaired) electrons. The van der Waals surface area contributed by atoms with Gasteiger partial charge in [0.25, 0.3) is 5.91 Å². The van der Waals surface area contributed by atoms with E-state index in [1.807, 2.05) is 17.5 Å². The third kappa shape index (κ3) is 3.45. The van der Waals surface area contributed by atoms with Crippen molar-refractivity contribution in [3.63, 3.8) is 0 Å². The Balaban J connectivity index is 1.63. The largest absolute Gasteiger partial charge is 0.486 e. The number of benzene rings is 1. The summed E-state index contributed by atoms with van der Waals surface area (Å²) < 4.78 is 5.71. The SMILES string of the molecule is O=C(NCC1(CO)CC1)c1ccccc1OCc1cscn1. The Bertz CT molecular complexity index is 639. The van der Waals surface area contributed by atoms with Crippen LogP contribution in [0.4, 0.5) is 0 Å². The third-order valence-corrected chi connectivity index (χ3v) is 4.54. The molecule has 1 saturated carbocycles. The van der Waals surface area contributed by atoms with Crippen LogP contribution in [0.25, 0.3) is 0 Å². The molecule has 1 aromatic carbocycles. The summed E-state index contributed by atoms with van der Waals surface area (Å²) in [7, 11) is 0. The minimum absolute atomic E-state index is 0.105. The van der Waals surface area contributed by atoms with Crippen molar-refractivity contribution < 1.29 is 14.6 Å². The molecule has 116 valence electrons. The Morgan fingerprint density at radius 3 is 2.91 bits per heavy atom. The van der Waals surface area contributed by atoms with Crippen LogP contribution in [0.15, 0.2) is 35.2 Å². The summed E-state index contributed by atoms with van der Waals surface area (Å²) in [5.74, 6) is 0.371. The minimum Gasteiger partial charge on any atom is -0.486 e. The van der Waals surface area contributed by atoms with Crippen LogP contribution in [-0.2, 0) is 6.61 Å². The fraction of sp³-hybridized carbons (Fsp3) is 0.375. The van der Waals surface area contributed by atoms with Crippen LogP contribution in [0.2, 0.25) is 0 Å². The molecule has 1 aromatic heterocycles. The number of carbonyl (C=O) groups excluding carboxylic acids is 1. The summed E-state index contributed by atoms with van der Waals surface area (Å²) in [5, 5.41) is 14.1. The van der Waals surface area contributed by atoms with Gasteiger partial charge in [0.2, 0.25) is 0 Å². The maximum Gasteiger partial charge on any atom is 0.255 e. The Morgan fingerprint density at radius 1 is 1.41 bits per heavy atom. The van der Waals surface area contributed by atoms with Gasteiger partial charge in [0.15, 0.2) is 0 Å². The average molecular weight is 318 g/mol. The molecule has 0 saturated heterocycles. The van der Waals surface area contributed by atoms with E-state index in [1.54, 1.807) is 17.6 Å². The van der Waals surface area contributed by atoms with Gasteiger partial charge in [-0.2, -0.15) is 0 Å². The summed E-state index contributed by atoms with van der Waals surface area (Å²) in [4.78, 5) is 16.5. The number of aliphatic hydroxyl groups is 1. The second kappa shape index (κ2) is 6.46. The zero-order valence-corrected chi connectivity index (χ0v) is 12.9. The number of hydrogen-bond acceptors (Lipinski definition) is 5. The topological polar surface area (TPSA) is 71.5 Å². The predicted octanol–water partition coefficient (Wildman–Crippen LogP) is 2.22. The number of para-hydroxylation sites is 1. The molecule has 0 aliphatic heterocycles. The lowest BCUT2D eigenvalue weighted by Crippen LogP contribution is -2.32. The number of thiazole rings is 1. The smallest absolute Gasteiger partial charge is 0.255 e. The fourth-order valence-corrected chi connectivity index (χ4v) is 2.71. The van der Waals surface area contributed by atoms with Gasteiger partial charge in [0, 0.05) is 17.3 Å². The molecule has 0 unspecified atom stereocenters. The van der Waals surface area contributed by atoms with Crippen LogP contribution in [0.5, 0.6) is 5.75 Å². The van der Waals surface area contributed by atoms with Crippen LogP contribution >= 0.6 is 11.3 Å². The quantitative estimate of drug-likeness (QED) is 0.821. The molecule has 3 rings (SSSR count). The lowest BCUT2D eigenvalue weighted by Gasteiger charge is -2.14. The lowest BCUT2D eigenvalue weighted by molar-refractivity contribution is 0.0930. The van der Waals surface area contributed by atoms with E-state index in [0.29, 0.717) is 24.5 Å². The highest BCUT2D eigenvalue weighted by molar-refractivity contribution is 7.07. The van der Waals surface area contributed by atoms with E-state index in [-0.39, 0.29) is 17.9 Å². The number of amides is 1. The normalized spacial score (nSPS) is 15.3. The van der Waals surface area contributed by atoms with Gasteiger partial charge >= 0.3 is 0 Å². The van der Waals surface area contributed by atoms with Gasteiger partial charge in [-0.05, 0) is 25.0 Å². The van der Waals surface area contributed by atoms with Gasteiger partial charge in [-0.1, -0.05) is 12.1 Å². The van der Waals surface area contributed by atoms with Gasteiger partial charge in [0.1, 0.15) is 12.4 Å². The van der Waals surface area contributed by atoms with Gasteiger partial charge in [-0.25, -0.2) is 4.98 Å². The average Bonchev–Trinajstić information content (AvgIpc) is 3.16. The molecule has 2 N–H and O–H groups in total. The van der Waals surface area contributed by atoms with Gasteiger partial charge in [-0.15, -0.1) is 11.3 Å². The van der Waals surface area contributed by atoms with Crippen molar-refractivity contribution in [2.45, 2.75) is 19.4 Å². The molecule has 0 bridgehead atoms. The highest BCUT2D eigenvalue weighted by Crippen LogP contribution is 2.44. The predicted molar refractivity (Wildman–Crippen MR) is 84.0 cm³/mol. The molecule has 1 aliphatic rings. The first-order chi connectivity index (χ1) is 10.7. The van der Waals surface area contributed by atoms with E-state index in [1.165, 1.54) is 11.3 Å². The summed E-state index contributed by atoms with van der Waals surface area (Å²) in [6, 6.07) is 7.16. The van der Waals surface area contributed by atoms with Crippen LogP contribution in [0.3, 0.4) is 0 Å². The Labute approximate surface area is 133 Å². The first kappa shape index (κ1) is 15.0. The molecule has 0 atom stereocenters. The minimum atomic E-state index is -0.173. The van der Waals surface area contributed by atoms with Crippen LogP contribution in [0, 0.1) is 5.41 Å². The van der Waals surface area contributed by atoms with Gasteiger partial charge < -0.3 is 15.2 Å². The number of rotatable bonds is 7. The van der Waals surface area contributed by atoms with Crippen molar-refractivity contribution >= 4 is 17.2 Å². The number of aliphatic hydroxyl groups excluding tert-OH is 1. The maximum absolute atomic E-state index is 12.3. The molecule has 2 aromatic rings. The first-order valence-electron chi connectivity index (χ1n) is 7.20. The lowest BCUT2D eigenvalue weighted by atomic mass is 10.1. The Kier molecular flexibility index (Phi) is 4.40. The summed E-state index contributed by atoms with van der Waals surface area (Å²) >= 11 is 1.51. The van der Waals surface area contributed by atoms with Crippen molar-refractivity contribution in [1.29, 1.82) is 0 Å². The highest BCUT2D eigenvalue weighted by atomic mass is 32.1. The molecular weight excluding hydrogens is 300 g/mol. The summed E-state index contributed by atoms with van der Waals surface area (Å²) in [5.41, 5.74) is 3.00. The zero-order chi connectivity index (χ0) is 15.4. The number of nitrogens with one attached hydrogen (secondary N) is 1. The summed E-state index contributed by atoms with van der Waals surface area (Å²) in [6.07, 6.45) is 1.93. The van der Waals surface area contributed by atoms with Crippen LogP contribution < -0.4 is 10.1 Å². The van der Waals surface area contributed by atoms with Crippen molar-refractivity contribution in [3.05, 3.63) is 46.4 Å². The number of carbonyl (C=O) groups is 1. The van der Waals surface area contributed by atoms with E-state index >= 15 is 0 Å². The van der Waals surface area contributed by atoms with Crippen molar-refractivity contribution in [3.8, 4) is 5.75 Å². The molecule has 6 heteroatoms.